The smallest absolute Gasteiger partial charge is 0.205 e. The lowest BCUT2D eigenvalue weighted by molar-refractivity contribution is -0.142. The summed E-state index contributed by atoms with van der Waals surface area (Å²) >= 11 is 0. The van der Waals surface area contributed by atoms with Crippen molar-refractivity contribution >= 4 is 11.6 Å². The Morgan fingerprint density at radius 3 is 2.33 bits per heavy atom. The molecule has 15 heavy (non-hydrogen) atoms. The van der Waals surface area contributed by atoms with Gasteiger partial charge >= 0.3 is 0 Å². The minimum atomic E-state index is -0.330. The molecule has 2 aliphatic carbocycles. The second-order valence-corrected chi connectivity index (χ2v) is 6.19. The Hall–Kier alpha value is -0.660. The van der Waals surface area contributed by atoms with Crippen LogP contribution in [0.2, 0.25) is 0 Å². The number of carbonyl (C=O) groups is 2. The zero-order chi connectivity index (χ0) is 11.4. The van der Waals surface area contributed by atoms with Crippen molar-refractivity contribution in [3.8, 4) is 0 Å². The summed E-state index contributed by atoms with van der Waals surface area (Å²) in [6.07, 6.45) is 2.72. The number of Topliss-reactive ketones (excluding diaryl/α,β-unsaturated/α-hetero) is 2. The van der Waals surface area contributed by atoms with Crippen molar-refractivity contribution in [2.75, 3.05) is 0 Å². The molecule has 0 heterocycles. The molecule has 0 amide bonds. The topological polar surface area (TPSA) is 34.1 Å². The summed E-state index contributed by atoms with van der Waals surface area (Å²) in [5.41, 5.74) is -0.436. The quantitative estimate of drug-likeness (QED) is 0.654. The number of hydrogen-bond donors (Lipinski definition) is 0. The first-order valence-electron chi connectivity index (χ1n) is 5.91. The lowest BCUT2D eigenvalue weighted by Crippen LogP contribution is -2.38. The van der Waals surface area contributed by atoms with Gasteiger partial charge in [0.25, 0.3) is 0 Å². The van der Waals surface area contributed by atoms with Crippen LogP contribution in [0.15, 0.2) is 0 Å². The maximum Gasteiger partial charge on any atom is 0.205 e. The second kappa shape index (κ2) is 2.93. The average molecular weight is 208 g/mol. The lowest BCUT2D eigenvalue weighted by atomic mass is 9.65. The van der Waals surface area contributed by atoms with E-state index in [2.05, 4.69) is 27.7 Å². The van der Waals surface area contributed by atoms with Gasteiger partial charge in [-0.1, -0.05) is 27.7 Å². The molecular formula is C13H20O2. The summed E-state index contributed by atoms with van der Waals surface area (Å²) < 4.78 is 0. The van der Waals surface area contributed by atoms with Crippen molar-refractivity contribution in [1.29, 1.82) is 0 Å². The van der Waals surface area contributed by atoms with Crippen molar-refractivity contribution in [3.63, 3.8) is 0 Å². The SMILES string of the molecule is CC(C)CC12CCC(C(=O)C1=O)C2(C)C. The van der Waals surface area contributed by atoms with Gasteiger partial charge in [-0.15, -0.1) is 0 Å². The van der Waals surface area contributed by atoms with Gasteiger partial charge in [0.15, 0.2) is 0 Å². The Balaban J connectivity index is 2.44. The molecule has 2 heteroatoms. The van der Waals surface area contributed by atoms with Gasteiger partial charge in [-0.05, 0) is 30.6 Å². The number of rotatable bonds is 2. The van der Waals surface area contributed by atoms with Crippen LogP contribution in [-0.4, -0.2) is 11.6 Å². The first-order chi connectivity index (χ1) is 6.83. The molecule has 2 fully saturated rings. The van der Waals surface area contributed by atoms with Gasteiger partial charge < -0.3 is 0 Å². The highest BCUT2D eigenvalue weighted by molar-refractivity contribution is 6.43. The predicted molar refractivity (Wildman–Crippen MR) is 58.4 cm³/mol. The molecule has 2 aliphatic rings. The highest BCUT2D eigenvalue weighted by Gasteiger charge is 2.68. The normalized spacial score (nSPS) is 38.1. The van der Waals surface area contributed by atoms with Crippen LogP contribution in [-0.2, 0) is 9.59 Å². The minimum Gasteiger partial charge on any atom is -0.291 e. The molecule has 0 aromatic heterocycles. The van der Waals surface area contributed by atoms with E-state index in [-0.39, 0.29) is 28.3 Å². The fourth-order valence-corrected chi connectivity index (χ4v) is 3.82. The van der Waals surface area contributed by atoms with Crippen molar-refractivity contribution in [2.24, 2.45) is 22.7 Å². The molecule has 0 radical (unpaired) electrons. The fraction of sp³-hybridized carbons (Fsp3) is 0.846. The van der Waals surface area contributed by atoms with Gasteiger partial charge in [-0.25, -0.2) is 0 Å². The van der Waals surface area contributed by atoms with Crippen LogP contribution in [0.5, 0.6) is 0 Å². The third-order valence-corrected chi connectivity index (χ3v) is 4.70. The van der Waals surface area contributed by atoms with Gasteiger partial charge in [0.2, 0.25) is 11.6 Å². The molecule has 2 rings (SSSR count). The third kappa shape index (κ3) is 1.11. The van der Waals surface area contributed by atoms with Gasteiger partial charge in [-0.3, -0.25) is 9.59 Å². The molecule has 0 saturated heterocycles. The van der Waals surface area contributed by atoms with Gasteiger partial charge in [0.05, 0.1) is 0 Å². The van der Waals surface area contributed by atoms with E-state index in [4.69, 9.17) is 0 Å². The van der Waals surface area contributed by atoms with Crippen LogP contribution in [0.4, 0.5) is 0 Å². The van der Waals surface area contributed by atoms with Crippen LogP contribution in [0.25, 0.3) is 0 Å². The molecule has 84 valence electrons. The molecule has 2 bridgehead atoms. The number of hydrogen-bond acceptors (Lipinski definition) is 2. The van der Waals surface area contributed by atoms with Crippen LogP contribution in [0.3, 0.4) is 0 Å². The molecule has 0 spiro atoms. The van der Waals surface area contributed by atoms with Crippen molar-refractivity contribution in [2.45, 2.75) is 47.0 Å². The Labute approximate surface area is 91.4 Å². The molecular weight excluding hydrogens is 188 g/mol. The van der Waals surface area contributed by atoms with E-state index >= 15 is 0 Å². The standard InChI is InChI=1S/C13H20O2/c1-8(2)7-13-6-5-9(12(13,3)4)10(14)11(13)15/h8-9H,5-7H2,1-4H3. The summed E-state index contributed by atoms with van der Waals surface area (Å²) in [6, 6.07) is 0. The first-order valence-corrected chi connectivity index (χ1v) is 5.91. The maximum absolute atomic E-state index is 12.1. The fourth-order valence-electron chi connectivity index (χ4n) is 3.82. The summed E-state index contributed by atoms with van der Waals surface area (Å²) in [5.74, 6) is 0.325. The highest BCUT2D eigenvalue weighted by Crippen LogP contribution is 2.64. The summed E-state index contributed by atoms with van der Waals surface area (Å²) in [4.78, 5) is 23.9. The van der Waals surface area contributed by atoms with E-state index in [9.17, 15) is 9.59 Å². The second-order valence-electron chi connectivity index (χ2n) is 6.19. The highest BCUT2D eigenvalue weighted by atomic mass is 16.2. The zero-order valence-electron chi connectivity index (χ0n) is 10.1. The monoisotopic (exact) mass is 208 g/mol. The van der Waals surface area contributed by atoms with Crippen LogP contribution < -0.4 is 0 Å². The largest absolute Gasteiger partial charge is 0.291 e. The molecule has 2 unspecified atom stereocenters. The van der Waals surface area contributed by atoms with E-state index in [0.717, 1.165) is 19.3 Å². The zero-order valence-corrected chi connectivity index (χ0v) is 10.1. The van der Waals surface area contributed by atoms with E-state index in [1.807, 2.05) is 0 Å². The van der Waals surface area contributed by atoms with E-state index < -0.39 is 0 Å². The number of ketones is 2. The van der Waals surface area contributed by atoms with Crippen molar-refractivity contribution in [3.05, 3.63) is 0 Å². The van der Waals surface area contributed by atoms with Crippen LogP contribution in [0, 0.1) is 22.7 Å². The summed E-state index contributed by atoms with van der Waals surface area (Å²) in [6.45, 7) is 8.48. The molecule has 2 atom stereocenters. The van der Waals surface area contributed by atoms with Gasteiger partial charge in [0.1, 0.15) is 0 Å². The van der Waals surface area contributed by atoms with Crippen molar-refractivity contribution < 1.29 is 9.59 Å². The van der Waals surface area contributed by atoms with Gasteiger partial charge in [0, 0.05) is 11.3 Å². The average Bonchev–Trinajstić information content (AvgIpc) is 2.41. The molecule has 0 aliphatic heterocycles. The number of carbonyl (C=O) groups excluding carboxylic acids is 2. The van der Waals surface area contributed by atoms with E-state index in [1.165, 1.54) is 0 Å². The van der Waals surface area contributed by atoms with Gasteiger partial charge in [-0.2, -0.15) is 0 Å². The third-order valence-electron chi connectivity index (χ3n) is 4.70. The predicted octanol–water partition coefficient (Wildman–Crippen LogP) is 2.61. The van der Waals surface area contributed by atoms with Crippen LogP contribution in [0.1, 0.15) is 47.0 Å². The number of fused-ring (bicyclic) bond motifs is 2. The summed E-state index contributed by atoms with van der Waals surface area (Å²) in [5, 5.41) is 0. The van der Waals surface area contributed by atoms with Crippen molar-refractivity contribution in [1.82, 2.24) is 0 Å². The summed E-state index contributed by atoms with van der Waals surface area (Å²) in [7, 11) is 0. The van der Waals surface area contributed by atoms with E-state index in [1.54, 1.807) is 0 Å². The molecule has 0 N–H and O–H groups in total. The molecule has 0 aromatic carbocycles. The molecule has 0 aromatic rings. The maximum atomic E-state index is 12.1. The Bertz CT molecular complexity index is 327. The van der Waals surface area contributed by atoms with Crippen LogP contribution >= 0.6 is 0 Å². The molecule has 2 nitrogen and oxygen atoms in total. The molecule has 2 saturated carbocycles. The first kappa shape index (κ1) is 10.8. The Kier molecular flexibility index (Phi) is 2.12. The Morgan fingerprint density at radius 2 is 1.93 bits per heavy atom. The Morgan fingerprint density at radius 1 is 1.33 bits per heavy atom. The minimum absolute atomic E-state index is 0.00347. The van der Waals surface area contributed by atoms with E-state index in [0.29, 0.717) is 5.92 Å². The lowest BCUT2D eigenvalue weighted by Gasteiger charge is -2.36.